The second-order valence-corrected chi connectivity index (χ2v) is 2.03. The topological polar surface area (TPSA) is 53.8 Å². The Morgan fingerprint density at radius 2 is 2.42 bits per heavy atom. The summed E-state index contributed by atoms with van der Waals surface area (Å²) in [7, 11) is 0. The number of aromatic nitrogens is 1. The van der Waals surface area contributed by atoms with E-state index in [4.69, 9.17) is 5.26 Å². The van der Waals surface area contributed by atoms with E-state index in [1.807, 2.05) is 6.07 Å². The lowest BCUT2D eigenvalue weighted by molar-refractivity contribution is -0.108. The highest BCUT2D eigenvalue weighted by molar-refractivity contribution is 5.85. The van der Waals surface area contributed by atoms with Gasteiger partial charge in [0, 0.05) is 12.4 Å². The van der Waals surface area contributed by atoms with E-state index in [0.29, 0.717) is 11.8 Å². The molecule has 3 nitrogen and oxygen atoms in total. The summed E-state index contributed by atoms with van der Waals surface area (Å²) in [4.78, 5) is 14.1. The maximum Gasteiger partial charge on any atom is 0.141 e. The Bertz CT molecular complexity index is 281. The summed E-state index contributed by atoms with van der Waals surface area (Å²) in [6, 6.07) is 5.26. The normalized spacial score (nSPS) is 10.6. The highest BCUT2D eigenvalue weighted by atomic mass is 35.5. The molecular weight excluding hydrogens is 176 g/mol. The van der Waals surface area contributed by atoms with E-state index in [1.54, 1.807) is 18.3 Å². The number of nitriles is 1. The number of carbonyl (C=O) groups excluding carboxylic acids is 1. The van der Waals surface area contributed by atoms with Crippen molar-refractivity contribution in [1.82, 2.24) is 4.98 Å². The molecule has 0 bridgehead atoms. The van der Waals surface area contributed by atoms with Crippen LogP contribution in [0.15, 0.2) is 24.5 Å². The van der Waals surface area contributed by atoms with E-state index < -0.39 is 5.92 Å². The molecule has 0 saturated heterocycles. The summed E-state index contributed by atoms with van der Waals surface area (Å²) >= 11 is 0. The van der Waals surface area contributed by atoms with Crippen LogP contribution in [0, 0.1) is 11.3 Å². The Kier molecular flexibility index (Phi) is 4.66. The highest BCUT2D eigenvalue weighted by Crippen LogP contribution is 2.09. The molecule has 1 rings (SSSR count). The maximum atomic E-state index is 10.3. The summed E-state index contributed by atoms with van der Waals surface area (Å²) in [6.07, 6.45) is 3.72. The molecule has 1 unspecified atom stereocenters. The lowest BCUT2D eigenvalue weighted by Gasteiger charge is -1.97. The first kappa shape index (κ1) is 10.6. The van der Waals surface area contributed by atoms with Gasteiger partial charge in [-0.3, -0.25) is 4.98 Å². The minimum absolute atomic E-state index is 0. The molecule has 0 fully saturated rings. The first-order valence-electron chi connectivity index (χ1n) is 3.13. The van der Waals surface area contributed by atoms with Crippen molar-refractivity contribution in [2.24, 2.45) is 0 Å². The molecule has 0 radical (unpaired) electrons. The molecular formula is C8H7ClN2O. The largest absolute Gasteiger partial charge is 0.302 e. The smallest absolute Gasteiger partial charge is 0.141 e. The fraction of sp³-hybridized carbons (Fsp3) is 0.125. The summed E-state index contributed by atoms with van der Waals surface area (Å²) < 4.78 is 0. The van der Waals surface area contributed by atoms with E-state index in [1.165, 1.54) is 6.20 Å². The third kappa shape index (κ3) is 2.33. The Hall–Kier alpha value is -1.40. The molecule has 1 atom stereocenters. The Morgan fingerprint density at radius 3 is 2.83 bits per heavy atom. The van der Waals surface area contributed by atoms with Gasteiger partial charge in [0.1, 0.15) is 12.2 Å². The molecule has 0 aromatic carbocycles. The van der Waals surface area contributed by atoms with Crippen molar-refractivity contribution in [1.29, 1.82) is 5.26 Å². The van der Waals surface area contributed by atoms with Crippen molar-refractivity contribution in [3.8, 4) is 6.07 Å². The quantitative estimate of drug-likeness (QED) is 0.648. The van der Waals surface area contributed by atoms with E-state index >= 15 is 0 Å². The Labute approximate surface area is 76.5 Å². The molecule has 0 N–H and O–H groups in total. The SMILES string of the molecule is Cl.N#CC(C=O)c1cccnc1. The number of halogens is 1. The van der Waals surface area contributed by atoms with Crippen molar-refractivity contribution in [2.75, 3.05) is 0 Å². The van der Waals surface area contributed by atoms with E-state index in [0.717, 1.165) is 0 Å². The number of aldehydes is 1. The van der Waals surface area contributed by atoms with Crippen LogP contribution in [0.25, 0.3) is 0 Å². The van der Waals surface area contributed by atoms with Crippen LogP contribution in [-0.4, -0.2) is 11.3 Å². The Morgan fingerprint density at radius 1 is 1.67 bits per heavy atom. The third-order valence-corrected chi connectivity index (χ3v) is 1.32. The number of pyridine rings is 1. The zero-order valence-electron chi connectivity index (χ0n) is 6.18. The molecule has 0 spiro atoms. The van der Waals surface area contributed by atoms with Gasteiger partial charge in [-0.25, -0.2) is 0 Å². The van der Waals surface area contributed by atoms with Crippen LogP contribution in [-0.2, 0) is 4.79 Å². The molecule has 0 aliphatic carbocycles. The monoisotopic (exact) mass is 182 g/mol. The lowest BCUT2D eigenvalue weighted by Crippen LogP contribution is -1.96. The van der Waals surface area contributed by atoms with E-state index in [2.05, 4.69) is 4.98 Å². The average molecular weight is 183 g/mol. The molecule has 0 saturated carbocycles. The number of rotatable bonds is 2. The van der Waals surface area contributed by atoms with Gasteiger partial charge in [-0.1, -0.05) is 6.07 Å². The van der Waals surface area contributed by atoms with Crippen LogP contribution < -0.4 is 0 Å². The van der Waals surface area contributed by atoms with Crippen LogP contribution in [0.1, 0.15) is 11.5 Å². The van der Waals surface area contributed by atoms with Crippen molar-refractivity contribution < 1.29 is 4.79 Å². The van der Waals surface area contributed by atoms with Crippen LogP contribution in [0.3, 0.4) is 0 Å². The summed E-state index contributed by atoms with van der Waals surface area (Å²) in [5.74, 6) is -0.677. The Balaban J connectivity index is 0.00000121. The van der Waals surface area contributed by atoms with Gasteiger partial charge in [0.2, 0.25) is 0 Å². The number of hydrogen-bond donors (Lipinski definition) is 0. The molecule has 1 aromatic rings. The predicted molar refractivity (Wildman–Crippen MR) is 45.9 cm³/mol. The van der Waals surface area contributed by atoms with Crippen LogP contribution in [0.2, 0.25) is 0 Å². The second-order valence-electron chi connectivity index (χ2n) is 2.03. The maximum absolute atomic E-state index is 10.3. The van der Waals surface area contributed by atoms with Gasteiger partial charge in [0.05, 0.1) is 6.07 Å². The van der Waals surface area contributed by atoms with Gasteiger partial charge in [-0.2, -0.15) is 5.26 Å². The summed E-state index contributed by atoms with van der Waals surface area (Å²) in [6.45, 7) is 0. The van der Waals surface area contributed by atoms with E-state index in [9.17, 15) is 4.79 Å². The first-order chi connectivity index (χ1) is 5.38. The zero-order chi connectivity index (χ0) is 8.10. The lowest BCUT2D eigenvalue weighted by atomic mass is 10.1. The second kappa shape index (κ2) is 5.28. The van der Waals surface area contributed by atoms with Crippen molar-refractivity contribution in [3.05, 3.63) is 30.1 Å². The molecule has 0 aliphatic rings. The molecule has 0 amide bonds. The molecule has 1 heterocycles. The molecule has 12 heavy (non-hydrogen) atoms. The van der Waals surface area contributed by atoms with Gasteiger partial charge in [-0.15, -0.1) is 12.4 Å². The van der Waals surface area contributed by atoms with Crippen molar-refractivity contribution in [2.45, 2.75) is 5.92 Å². The first-order valence-corrected chi connectivity index (χ1v) is 3.13. The standard InChI is InChI=1S/C8H6N2O.ClH/c9-4-8(6-11)7-2-1-3-10-5-7;/h1-3,5-6,8H;1H. The van der Waals surface area contributed by atoms with Crippen molar-refractivity contribution >= 4 is 18.7 Å². The predicted octanol–water partition coefficient (Wildman–Crippen LogP) is 1.31. The summed E-state index contributed by atoms with van der Waals surface area (Å²) in [5.41, 5.74) is 0.644. The fourth-order valence-corrected chi connectivity index (χ4v) is 0.743. The molecule has 4 heteroatoms. The minimum atomic E-state index is -0.677. The van der Waals surface area contributed by atoms with E-state index in [-0.39, 0.29) is 12.4 Å². The third-order valence-electron chi connectivity index (χ3n) is 1.32. The highest BCUT2D eigenvalue weighted by Gasteiger charge is 2.06. The van der Waals surface area contributed by atoms with Crippen LogP contribution in [0.4, 0.5) is 0 Å². The molecule has 1 aromatic heterocycles. The van der Waals surface area contributed by atoms with Crippen molar-refractivity contribution in [3.63, 3.8) is 0 Å². The number of carbonyl (C=O) groups is 1. The van der Waals surface area contributed by atoms with Gasteiger partial charge in [0.25, 0.3) is 0 Å². The van der Waals surface area contributed by atoms with Gasteiger partial charge in [0.15, 0.2) is 0 Å². The molecule has 62 valence electrons. The van der Waals surface area contributed by atoms with Gasteiger partial charge in [-0.05, 0) is 11.6 Å². The summed E-state index contributed by atoms with van der Waals surface area (Å²) in [5, 5.41) is 8.47. The fourth-order valence-electron chi connectivity index (χ4n) is 0.743. The van der Waals surface area contributed by atoms with Gasteiger partial charge >= 0.3 is 0 Å². The van der Waals surface area contributed by atoms with Crippen LogP contribution >= 0.6 is 12.4 Å². The van der Waals surface area contributed by atoms with Crippen LogP contribution in [0.5, 0.6) is 0 Å². The average Bonchev–Trinajstić information content (AvgIpc) is 2.09. The number of nitrogens with zero attached hydrogens (tertiary/aromatic N) is 2. The van der Waals surface area contributed by atoms with Gasteiger partial charge < -0.3 is 4.79 Å². The minimum Gasteiger partial charge on any atom is -0.302 e. The molecule has 0 aliphatic heterocycles. The number of hydrogen-bond acceptors (Lipinski definition) is 3. The zero-order valence-corrected chi connectivity index (χ0v) is 6.99.